The summed E-state index contributed by atoms with van der Waals surface area (Å²) in [5.41, 5.74) is 0.904. The van der Waals surface area contributed by atoms with E-state index in [0.29, 0.717) is 5.75 Å². The molecule has 0 saturated carbocycles. The summed E-state index contributed by atoms with van der Waals surface area (Å²) in [6, 6.07) is 8.07. The maximum atomic E-state index is 13.4. The van der Waals surface area contributed by atoms with Crippen LogP contribution in [0.4, 0.5) is 0 Å². The van der Waals surface area contributed by atoms with Crippen LogP contribution in [0.25, 0.3) is 0 Å². The van der Waals surface area contributed by atoms with Gasteiger partial charge in [-0.1, -0.05) is 174 Å². The molecule has 0 aliphatic rings. The number of esters is 1. The number of ether oxygens (including phenoxy) is 1. The van der Waals surface area contributed by atoms with Gasteiger partial charge in [0.15, 0.2) is 0 Å². The van der Waals surface area contributed by atoms with Crippen LogP contribution >= 0.6 is 0 Å². The van der Waals surface area contributed by atoms with Crippen LogP contribution in [0.5, 0.6) is 5.75 Å². The van der Waals surface area contributed by atoms with Crippen molar-refractivity contribution in [2.75, 3.05) is 0 Å². The lowest BCUT2D eigenvalue weighted by atomic mass is 9.79. The van der Waals surface area contributed by atoms with Gasteiger partial charge in [-0.25, -0.2) is 0 Å². The van der Waals surface area contributed by atoms with Gasteiger partial charge >= 0.3 is 5.97 Å². The maximum Gasteiger partial charge on any atom is 0.317 e. The molecule has 0 amide bonds. The second kappa shape index (κ2) is 24.5. The number of carbonyl (C=O) groups is 1. The molecule has 0 bridgehead atoms. The molecule has 2 nitrogen and oxygen atoms in total. The van der Waals surface area contributed by atoms with E-state index in [1.165, 1.54) is 134 Å². The van der Waals surface area contributed by atoms with Crippen LogP contribution in [0.2, 0.25) is 0 Å². The lowest BCUT2D eigenvalue weighted by Crippen LogP contribution is -2.32. The van der Waals surface area contributed by atoms with Gasteiger partial charge in [-0.15, -0.1) is 0 Å². The summed E-state index contributed by atoms with van der Waals surface area (Å²) in [7, 11) is 0. The van der Waals surface area contributed by atoms with Crippen molar-refractivity contribution in [1.82, 2.24) is 0 Å². The van der Waals surface area contributed by atoms with E-state index in [1.807, 2.05) is 12.1 Å². The zero-order valence-electron chi connectivity index (χ0n) is 26.8. The Morgan fingerprint density at radius 2 is 0.872 bits per heavy atom. The number of rotatable bonds is 27. The van der Waals surface area contributed by atoms with Gasteiger partial charge in [0.25, 0.3) is 0 Å². The van der Waals surface area contributed by atoms with Crippen LogP contribution < -0.4 is 4.74 Å². The molecule has 0 spiro atoms. The van der Waals surface area contributed by atoms with E-state index in [9.17, 15) is 4.79 Å². The molecule has 0 N–H and O–H groups in total. The van der Waals surface area contributed by atoms with Crippen LogP contribution in [0.3, 0.4) is 0 Å². The van der Waals surface area contributed by atoms with Gasteiger partial charge in [0.1, 0.15) is 5.75 Å². The summed E-state index contributed by atoms with van der Waals surface area (Å²) < 4.78 is 5.94. The van der Waals surface area contributed by atoms with E-state index in [-0.39, 0.29) is 11.4 Å². The summed E-state index contributed by atoms with van der Waals surface area (Å²) >= 11 is 0. The quantitative estimate of drug-likeness (QED) is 0.0627. The first kappa shape index (κ1) is 35.7. The van der Waals surface area contributed by atoms with Crippen LogP contribution in [0, 0.1) is 5.41 Å². The zero-order valence-corrected chi connectivity index (χ0v) is 26.8. The van der Waals surface area contributed by atoms with Crippen molar-refractivity contribution in [1.29, 1.82) is 0 Å². The minimum absolute atomic E-state index is 0.0225. The monoisotopic (exact) mass is 543 g/mol. The number of unbranched alkanes of at least 4 members (excludes halogenated alkanes) is 20. The van der Waals surface area contributed by atoms with Crippen LogP contribution in [0.1, 0.15) is 187 Å². The maximum absolute atomic E-state index is 13.4. The van der Waals surface area contributed by atoms with Crippen molar-refractivity contribution in [2.24, 2.45) is 5.41 Å². The third kappa shape index (κ3) is 18.6. The molecule has 226 valence electrons. The summed E-state index contributed by atoms with van der Waals surface area (Å²) in [5, 5.41) is 0. The van der Waals surface area contributed by atoms with Crippen molar-refractivity contribution < 1.29 is 9.53 Å². The Balaban J connectivity index is 2.38. The third-order valence-electron chi connectivity index (χ3n) is 8.70. The molecule has 2 heteroatoms. The van der Waals surface area contributed by atoms with Gasteiger partial charge in [-0.05, 0) is 43.9 Å². The topological polar surface area (TPSA) is 26.3 Å². The summed E-state index contributed by atoms with van der Waals surface area (Å²) in [4.78, 5) is 13.4. The highest BCUT2D eigenvalue weighted by atomic mass is 16.5. The van der Waals surface area contributed by atoms with Gasteiger partial charge in [-0.2, -0.15) is 0 Å². The Morgan fingerprint density at radius 1 is 0.538 bits per heavy atom. The molecular weight excluding hydrogens is 476 g/mol. The minimum atomic E-state index is -0.373. The van der Waals surface area contributed by atoms with Crippen LogP contribution in [-0.4, -0.2) is 5.97 Å². The summed E-state index contributed by atoms with van der Waals surface area (Å²) in [6.45, 7) is 8.89. The fourth-order valence-corrected chi connectivity index (χ4v) is 5.71. The Labute approximate surface area is 244 Å². The number of benzene rings is 1. The van der Waals surface area contributed by atoms with E-state index in [1.54, 1.807) is 0 Å². The van der Waals surface area contributed by atoms with Crippen LogP contribution in [-0.2, 0) is 11.2 Å². The summed E-state index contributed by atoms with van der Waals surface area (Å²) in [6.07, 6.45) is 32.4. The Morgan fingerprint density at radius 3 is 1.21 bits per heavy atom. The van der Waals surface area contributed by atoms with Crippen LogP contribution in [0.15, 0.2) is 24.3 Å². The Kier molecular flexibility index (Phi) is 22.4. The number of hydrogen-bond donors (Lipinski definition) is 0. The Hall–Kier alpha value is -1.31. The average molecular weight is 543 g/mol. The predicted molar refractivity (Wildman–Crippen MR) is 172 cm³/mol. The predicted octanol–water partition coefficient (Wildman–Crippen LogP) is 12.6. The number of hydrogen-bond acceptors (Lipinski definition) is 2. The average Bonchev–Trinajstić information content (AvgIpc) is 2.95. The highest BCUT2D eigenvalue weighted by Crippen LogP contribution is 2.34. The van der Waals surface area contributed by atoms with Crippen molar-refractivity contribution in [3.63, 3.8) is 0 Å². The van der Waals surface area contributed by atoms with E-state index in [2.05, 4.69) is 39.8 Å². The van der Waals surface area contributed by atoms with Crippen molar-refractivity contribution in [3.05, 3.63) is 29.8 Å². The third-order valence-corrected chi connectivity index (χ3v) is 8.70. The Bertz CT molecular complexity index is 679. The highest BCUT2D eigenvalue weighted by molar-refractivity contribution is 5.78. The molecule has 1 unspecified atom stereocenters. The van der Waals surface area contributed by atoms with E-state index < -0.39 is 0 Å². The molecule has 1 rings (SSSR count). The molecule has 0 aliphatic heterocycles. The second-order valence-corrected chi connectivity index (χ2v) is 12.5. The first-order valence-corrected chi connectivity index (χ1v) is 17.4. The molecule has 0 radical (unpaired) electrons. The SMILES string of the molecule is CCCCCCCCCCCCCCC(C)(CCCCCCCCCCCC)C(=O)Oc1ccc(CC)cc1. The van der Waals surface area contributed by atoms with E-state index in [0.717, 1.165) is 32.1 Å². The molecule has 0 saturated heterocycles. The molecule has 1 atom stereocenters. The van der Waals surface area contributed by atoms with Gasteiger partial charge in [0.05, 0.1) is 5.41 Å². The molecule has 0 aliphatic carbocycles. The van der Waals surface area contributed by atoms with Gasteiger partial charge in [0, 0.05) is 0 Å². The van der Waals surface area contributed by atoms with Gasteiger partial charge in [-0.3, -0.25) is 4.79 Å². The first-order valence-electron chi connectivity index (χ1n) is 17.4. The van der Waals surface area contributed by atoms with Gasteiger partial charge in [0.2, 0.25) is 0 Å². The zero-order chi connectivity index (χ0) is 28.4. The molecule has 0 fully saturated rings. The number of aryl methyl sites for hydroxylation is 1. The minimum Gasteiger partial charge on any atom is -0.426 e. The van der Waals surface area contributed by atoms with E-state index >= 15 is 0 Å². The highest BCUT2D eigenvalue weighted by Gasteiger charge is 2.34. The lowest BCUT2D eigenvalue weighted by Gasteiger charge is -2.27. The van der Waals surface area contributed by atoms with E-state index in [4.69, 9.17) is 4.74 Å². The second-order valence-electron chi connectivity index (χ2n) is 12.5. The molecule has 0 heterocycles. The normalized spacial score (nSPS) is 12.9. The van der Waals surface area contributed by atoms with Crippen molar-refractivity contribution >= 4 is 5.97 Å². The van der Waals surface area contributed by atoms with Gasteiger partial charge < -0.3 is 4.74 Å². The van der Waals surface area contributed by atoms with Crippen molar-refractivity contribution in [3.8, 4) is 5.75 Å². The first-order chi connectivity index (χ1) is 19.1. The van der Waals surface area contributed by atoms with Crippen molar-refractivity contribution in [2.45, 2.75) is 188 Å². The fourth-order valence-electron chi connectivity index (χ4n) is 5.71. The lowest BCUT2D eigenvalue weighted by molar-refractivity contribution is -0.146. The molecule has 1 aromatic carbocycles. The standard InChI is InChI=1S/C37H66O2/c1-5-8-10-12-14-16-18-19-21-23-25-27-33-37(4,32-26-24-22-20-17-15-13-11-9-6-2)36(38)39-35-30-28-34(7-3)29-31-35/h28-31H,5-27,32-33H2,1-4H3. The molecule has 0 aromatic heterocycles. The fraction of sp³-hybridized carbons (Fsp3) is 0.811. The smallest absolute Gasteiger partial charge is 0.317 e. The summed E-state index contributed by atoms with van der Waals surface area (Å²) in [5.74, 6) is 0.673. The molecule has 39 heavy (non-hydrogen) atoms. The molecule has 1 aromatic rings. The molecular formula is C37H66O2. The largest absolute Gasteiger partial charge is 0.426 e. The number of carbonyl (C=O) groups excluding carboxylic acids is 1.